The second-order valence-electron chi connectivity index (χ2n) is 3.46. The van der Waals surface area contributed by atoms with Crippen molar-refractivity contribution < 1.29 is 14.6 Å². The van der Waals surface area contributed by atoms with E-state index in [0.29, 0.717) is 0 Å². The van der Waals surface area contributed by atoms with Crippen molar-refractivity contribution in [3.8, 4) is 0 Å². The smallest absolute Gasteiger partial charge is 0.341 e. The fourth-order valence-electron chi connectivity index (χ4n) is 1.29. The Bertz CT molecular complexity index is 426. The molecule has 0 aliphatic carbocycles. The van der Waals surface area contributed by atoms with Crippen LogP contribution in [-0.4, -0.2) is 17.7 Å². The van der Waals surface area contributed by atoms with E-state index in [4.69, 9.17) is 4.74 Å². The van der Waals surface area contributed by atoms with Crippen LogP contribution in [0.4, 0.5) is 0 Å². The maximum Gasteiger partial charge on any atom is 0.341 e. The third kappa shape index (κ3) is 4.15. The molecule has 1 rings (SSSR count). The zero-order chi connectivity index (χ0) is 12.7. The van der Waals surface area contributed by atoms with Crippen molar-refractivity contribution in [3.05, 3.63) is 53.3 Å². The summed E-state index contributed by atoms with van der Waals surface area (Å²) in [7, 11) is 0. The number of aliphatic hydroxyl groups is 1. The van der Waals surface area contributed by atoms with Gasteiger partial charge in [0.25, 0.3) is 0 Å². The average Bonchev–Trinajstić information content (AvgIpc) is 2.30. The Morgan fingerprint density at radius 3 is 2.53 bits per heavy atom. The van der Waals surface area contributed by atoms with E-state index in [1.54, 1.807) is 19.1 Å². The molecule has 3 nitrogen and oxygen atoms in total. The quantitative estimate of drug-likeness (QED) is 0.375. The molecule has 0 fully saturated rings. The van der Waals surface area contributed by atoms with Crippen molar-refractivity contribution >= 4 is 12.0 Å². The van der Waals surface area contributed by atoms with Gasteiger partial charge in [-0.3, -0.25) is 0 Å². The molecule has 0 spiro atoms. The largest absolute Gasteiger partial charge is 0.512 e. The third-order valence-electron chi connectivity index (χ3n) is 2.13. The first-order chi connectivity index (χ1) is 8.15. The van der Waals surface area contributed by atoms with Crippen LogP contribution in [-0.2, 0) is 9.53 Å². The lowest BCUT2D eigenvalue weighted by molar-refractivity contribution is -0.138. The lowest BCUT2D eigenvalue weighted by Gasteiger charge is -2.03. The van der Waals surface area contributed by atoms with Crippen LogP contribution >= 0.6 is 0 Å². The summed E-state index contributed by atoms with van der Waals surface area (Å²) >= 11 is 0. The van der Waals surface area contributed by atoms with Crippen LogP contribution in [0.2, 0.25) is 0 Å². The van der Waals surface area contributed by atoms with Crippen LogP contribution < -0.4 is 0 Å². The molecule has 1 aromatic rings. The van der Waals surface area contributed by atoms with Gasteiger partial charge in [-0.25, -0.2) is 4.79 Å². The molecule has 0 unspecified atom stereocenters. The van der Waals surface area contributed by atoms with E-state index in [9.17, 15) is 9.90 Å². The number of aliphatic hydroxyl groups excluding tert-OH is 1. The predicted molar refractivity (Wildman–Crippen MR) is 67.4 cm³/mol. The summed E-state index contributed by atoms with van der Waals surface area (Å²) in [4.78, 5) is 11.5. The summed E-state index contributed by atoms with van der Waals surface area (Å²) in [6.45, 7) is 3.47. The molecule has 0 amide bonds. The van der Waals surface area contributed by atoms with E-state index in [1.165, 1.54) is 6.92 Å². The van der Waals surface area contributed by atoms with E-state index >= 15 is 0 Å². The molecule has 1 aromatic carbocycles. The van der Waals surface area contributed by atoms with Gasteiger partial charge in [-0.05, 0) is 25.5 Å². The minimum atomic E-state index is -0.514. The molecule has 0 saturated heterocycles. The molecule has 3 heteroatoms. The third-order valence-corrected chi connectivity index (χ3v) is 2.13. The minimum Gasteiger partial charge on any atom is -0.512 e. The first-order valence-corrected chi connectivity index (χ1v) is 5.45. The number of ether oxygens (including phenoxy) is 1. The van der Waals surface area contributed by atoms with Crippen LogP contribution in [0.1, 0.15) is 19.4 Å². The molecule has 0 atom stereocenters. The van der Waals surface area contributed by atoms with E-state index in [0.717, 1.165) is 5.56 Å². The first kappa shape index (κ1) is 13.0. The second-order valence-corrected chi connectivity index (χ2v) is 3.46. The zero-order valence-corrected chi connectivity index (χ0v) is 10.0. The van der Waals surface area contributed by atoms with E-state index < -0.39 is 5.97 Å². The number of allylic oxidation sites excluding steroid dienone is 1. The summed E-state index contributed by atoms with van der Waals surface area (Å²) < 4.78 is 4.85. The maximum atomic E-state index is 11.5. The Kier molecular flexibility index (Phi) is 5.01. The summed E-state index contributed by atoms with van der Waals surface area (Å²) in [6, 6.07) is 9.53. The molecule has 0 bridgehead atoms. The molecule has 0 heterocycles. The van der Waals surface area contributed by atoms with E-state index in [2.05, 4.69) is 0 Å². The van der Waals surface area contributed by atoms with Crippen LogP contribution in [0.3, 0.4) is 0 Å². The van der Waals surface area contributed by atoms with Crippen molar-refractivity contribution in [3.63, 3.8) is 0 Å². The Hall–Kier alpha value is -2.03. The molecule has 0 aliphatic heterocycles. The lowest BCUT2D eigenvalue weighted by Crippen LogP contribution is -2.07. The zero-order valence-electron chi connectivity index (χ0n) is 10.0. The molecule has 0 radical (unpaired) electrons. The van der Waals surface area contributed by atoms with Gasteiger partial charge < -0.3 is 9.84 Å². The molecule has 0 aromatic heterocycles. The lowest BCUT2D eigenvalue weighted by atomic mass is 10.1. The Labute approximate surface area is 101 Å². The highest BCUT2D eigenvalue weighted by Crippen LogP contribution is 2.09. The van der Waals surface area contributed by atoms with Crippen molar-refractivity contribution in [1.82, 2.24) is 0 Å². The highest BCUT2D eigenvalue weighted by molar-refractivity contribution is 5.93. The van der Waals surface area contributed by atoms with Gasteiger partial charge in [0.2, 0.25) is 0 Å². The highest BCUT2D eigenvalue weighted by Gasteiger charge is 2.10. The van der Waals surface area contributed by atoms with Crippen LogP contribution in [0, 0.1) is 0 Å². The van der Waals surface area contributed by atoms with Gasteiger partial charge in [-0.2, -0.15) is 0 Å². The number of benzene rings is 1. The molecular weight excluding hydrogens is 216 g/mol. The Morgan fingerprint density at radius 2 is 2.00 bits per heavy atom. The van der Waals surface area contributed by atoms with Gasteiger partial charge in [0.05, 0.1) is 12.2 Å². The van der Waals surface area contributed by atoms with Crippen LogP contribution in [0.15, 0.2) is 47.7 Å². The number of esters is 1. The average molecular weight is 232 g/mol. The van der Waals surface area contributed by atoms with Gasteiger partial charge in [-0.15, -0.1) is 0 Å². The van der Waals surface area contributed by atoms with Crippen LogP contribution in [0.5, 0.6) is 0 Å². The normalized spacial score (nSPS) is 12.4. The monoisotopic (exact) mass is 232 g/mol. The molecule has 17 heavy (non-hydrogen) atoms. The van der Waals surface area contributed by atoms with Gasteiger partial charge in [-0.1, -0.05) is 36.4 Å². The molecule has 90 valence electrons. The number of carbonyl (C=O) groups is 1. The Balaban J connectivity index is 2.86. The minimum absolute atomic E-state index is 0.0457. The van der Waals surface area contributed by atoms with E-state index in [1.807, 2.05) is 30.3 Å². The first-order valence-electron chi connectivity index (χ1n) is 5.45. The number of rotatable bonds is 4. The highest BCUT2D eigenvalue weighted by atomic mass is 16.5. The van der Waals surface area contributed by atoms with Gasteiger partial charge in [0, 0.05) is 0 Å². The van der Waals surface area contributed by atoms with Crippen molar-refractivity contribution in [2.24, 2.45) is 0 Å². The fourth-order valence-corrected chi connectivity index (χ4v) is 1.29. The summed E-state index contributed by atoms with van der Waals surface area (Å²) in [5.74, 6) is -0.560. The number of hydrogen-bond donors (Lipinski definition) is 1. The SMILES string of the molecule is CCOC(=O)C(C=Cc1ccccc1)=C(C)O. The molecule has 0 saturated carbocycles. The molecular formula is C14H16O3. The van der Waals surface area contributed by atoms with E-state index in [-0.39, 0.29) is 17.9 Å². The fraction of sp³-hybridized carbons (Fsp3) is 0.214. The molecule has 0 aliphatic rings. The van der Waals surface area contributed by atoms with Crippen molar-refractivity contribution in [2.75, 3.05) is 6.61 Å². The maximum absolute atomic E-state index is 11.5. The van der Waals surface area contributed by atoms with Gasteiger partial charge in [0.15, 0.2) is 0 Å². The van der Waals surface area contributed by atoms with Crippen molar-refractivity contribution in [1.29, 1.82) is 0 Å². The van der Waals surface area contributed by atoms with Gasteiger partial charge >= 0.3 is 5.97 Å². The Morgan fingerprint density at radius 1 is 1.35 bits per heavy atom. The second kappa shape index (κ2) is 6.53. The van der Waals surface area contributed by atoms with Crippen LogP contribution in [0.25, 0.3) is 6.08 Å². The standard InChI is InChI=1S/C14H16O3/c1-3-17-14(16)13(11(2)15)10-9-12-7-5-4-6-8-12/h4-10,15H,3H2,1-2H3. The topological polar surface area (TPSA) is 46.5 Å². The van der Waals surface area contributed by atoms with Gasteiger partial charge in [0.1, 0.15) is 5.76 Å². The predicted octanol–water partition coefficient (Wildman–Crippen LogP) is 3.09. The number of carbonyl (C=O) groups excluding carboxylic acids is 1. The number of hydrogen-bond acceptors (Lipinski definition) is 3. The molecule has 1 N–H and O–H groups in total. The summed E-state index contributed by atoms with van der Waals surface area (Å²) in [5, 5.41) is 9.41. The van der Waals surface area contributed by atoms with Crippen molar-refractivity contribution in [2.45, 2.75) is 13.8 Å². The summed E-state index contributed by atoms with van der Waals surface area (Å²) in [5.41, 5.74) is 1.13. The summed E-state index contributed by atoms with van der Waals surface area (Å²) in [6.07, 6.45) is 3.31.